The normalized spacial score (nSPS) is 11.2. The molecule has 0 aliphatic heterocycles. The highest BCUT2D eigenvalue weighted by Crippen LogP contribution is 2.22. The molecule has 0 aliphatic carbocycles. The summed E-state index contributed by atoms with van der Waals surface area (Å²) in [5.74, 6) is 0.211. The summed E-state index contributed by atoms with van der Waals surface area (Å²) >= 11 is 0. The van der Waals surface area contributed by atoms with E-state index in [0.717, 1.165) is 4.52 Å². The van der Waals surface area contributed by atoms with Crippen LogP contribution in [0.25, 0.3) is 27.9 Å². The lowest BCUT2D eigenvalue weighted by atomic mass is 10.1. The maximum absolute atomic E-state index is 13.7. The van der Waals surface area contributed by atoms with Gasteiger partial charge in [0.05, 0.1) is 19.2 Å². The molecule has 0 saturated heterocycles. The Bertz CT molecular complexity index is 1540. The molecule has 7 nitrogen and oxygen atoms in total. The summed E-state index contributed by atoms with van der Waals surface area (Å²) in [7, 11) is 1.55. The standard InChI is InChI=1S/C24H17FN4O3/c1-32-18-11-9-15(10-12-18)21(30)14-28-20-8-3-2-7-19(20)23-26-22(27-29(23)24(28)31)16-5-4-6-17(25)13-16/h2-13H,14H2,1H3. The van der Waals surface area contributed by atoms with E-state index >= 15 is 0 Å². The predicted octanol–water partition coefficient (Wildman–Crippen LogP) is 3.74. The third-order valence-corrected chi connectivity index (χ3v) is 5.25. The molecule has 0 spiro atoms. The van der Waals surface area contributed by atoms with Crippen LogP contribution in [0.4, 0.5) is 4.39 Å². The fourth-order valence-electron chi connectivity index (χ4n) is 3.65. The van der Waals surface area contributed by atoms with E-state index in [0.29, 0.717) is 33.4 Å². The van der Waals surface area contributed by atoms with Crippen molar-refractivity contribution in [2.24, 2.45) is 0 Å². The molecule has 2 aromatic heterocycles. The smallest absolute Gasteiger partial charge is 0.351 e. The zero-order valence-electron chi connectivity index (χ0n) is 17.0. The fraction of sp³-hybridized carbons (Fsp3) is 0.0833. The number of fused-ring (bicyclic) bond motifs is 3. The second-order valence-corrected chi connectivity index (χ2v) is 7.22. The molecular weight excluding hydrogens is 411 g/mol. The first-order valence-corrected chi connectivity index (χ1v) is 9.86. The van der Waals surface area contributed by atoms with Gasteiger partial charge in [0, 0.05) is 16.5 Å². The van der Waals surface area contributed by atoms with Crippen molar-refractivity contribution in [3.05, 3.63) is 94.7 Å². The number of aromatic nitrogens is 4. The summed E-state index contributed by atoms with van der Waals surface area (Å²) in [6, 6.07) is 19.7. The summed E-state index contributed by atoms with van der Waals surface area (Å²) in [5, 5.41) is 4.97. The molecule has 0 unspecified atom stereocenters. The number of carbonyl (C=O) groups excluding carboxylic acids is 1. The molecule has 0 radical (unpaired) electrons. The van der Waals surface area contributed by atoms with Crippen LogP contribution in [0, 0.1) is 5.82 Å². The molecule has 32 heavy (non-hydrogen) atoms. The average molecular weight is 428 g/mol. The lowest BCUT2D eigenvalue weighted by Gasteiger charge is -2.10. The fourth-order valence-corrected chi connectivity index (χ4v) is 3.65. The molecule has 0 amide bonds. The Labute approximate surface area is 181 Å². The topological polar surface area (TPSA) is 78.5 Å². The van der Waals surface area contributed by atoms with Crippen LogP contribution in [-0.4, -0.2) is 32.1 Å². The van der Waals surface area contributed by atoms with Crippen molar-refractivity contribution in [1.82, 2.24) is 19.2 Å². The predicted molar refractivity (Wildman–Crippen MR) is 117 cm³/mol. The number of benzene rings is 3. The molecule has 0 atom stereocenters. The van der Waals surface area contributed by atoms with Crippen LogP contribution in [0.3, 0.4) is 0 Å². The minimum atomic E-state index is -0.504. The number of nitrogens with zero attached hydrogens (tertiary/aromatic N) is 4. The van der Waals surface area contributed by atoms with E-state index in [1.165, 1.54) is 16.7 Å². The van der Waals surface area contributed by atoms with Crippen molar-refractivity contribution in [2.75, 3.05) is 7.11 Å². The number of halogens is 1. The van der Waals surface area contributed by atoms with Crippen molar-refractivity contribution in [3.8, 4) is 17.1 Å². The second-order valence-electron chi connectivity index (χ2n) is 7.22. The van der Waals surface area contributed by atoms with Gasteiger partial charge < -0.3 is 4.74 Å². The van der Waals surface area contributed by atoms with E-state index < -0.39 is 11.5 Å². The van der Waals surface area contributed by atoms with E-state index in [1.54, 1.807) is 55.6 Å². The molecule has 0 saturated carbocycles. The Kier molecular flexibility index (Phi) is 4.74. The molecule has 2 heterocycles. The number of Topliss-reactive ketones (excluding diaryl/α,β-unsaturated/α-hetero) is 1. The number of methoxy groups -OCH3 is 1. The number of para-hydroxylation sites is 1. The number of hydrogen-bond acceptors (Lipinski definition) is 5. The third-order valence-electron chi connectivity index (χ3n) is 5.25. The molecule has 3 aromatic carbocycles. The number of carbonyl (C=O) groups is 1. The summed E-state index contributed by atoms with van der Waals surface area (Å²) in [6.45, 7) is -0.170. The van der Waals surface area contributed by atoms with Crippen LogP contribution in [0.15, 0.2) is 77.6 Å². The lowest BCUT2D eigenvalue weighted by Crippen LogP contribution is -2.30. The Morgan fingerprint density at radius 2 is 1.81 bits per heavy atom. The van der Waals surface area contributed by atoms with Gasteiger partial charge in [0.2, 0.25) is 0 Å². The molecule has 0 bridgehead atoms. The van der Waals surface area contributed by atoms with Crippen LogP contribution >= 0.6 is 0 Å². The maximum Gasteiger partial charge on any atom is 0.351 e. The highest BCUT2D eigenvalue weighted by molar-refractivity contribution is 5.98. The van der Waals surface area contributed by atoms with Gasteiger partial charge in [-0.3, -0.25) is 9.36 Å². The average Bonchev–Trinajstić information content (AvgIpc) is 3.28. The van der Waals surface area contributed by atoms with Gasteiger partial charge in [-0.2, -0.15) is 4.52 Å². The number of ether oxygens (including phenoxy) is 1. The Morgan fingerprint density at radius 3 is 2.56 bits per heavy atom. The van der Waals surface area contributed by atoms with Gasteiger partial charge in [0.25, 0.3) is 0 Å². The number of ketones is 1. The van der Waals surface area contributed by atoms with Crippen LogP contribution in [0.1, 0.15) is 10.4 Å². The van der Waals surface area contributed by atoms with Gasteiger partial charge in [-0.15, -0.1) is 5.10 Å². The van der Waals surface area contributed by atoms with E-state index in [4.69, 9.17) is 4.74 Å². The summed E-state index contributed by atoms with van der Waals surface area (Å²) in [4.78, 5) is 30.7. The molecule has 0 aliphatic rings. The SMILES string of the molecule is COc1ccc(C(=O)Cn2c(=O)n3nc(-c4cccc(F)c4)nc3c3ccccc32)cc1. The molecule has 8 heteroatoms. The third kappa shape index (κ3) is 3.31. The number of hydrogen-bond donors (Lipinski definition) is 0. The van der Waals surface area contributed by atoms with Crippen molar-refractivity contribution < 1.29 is 13.9 Å². The van der Waals surface area contributed by atoms with Crippen molar-refractivity contribution in [1.29, 1.82) is 0 Å². The maximum atomic E-state index is 13.7. The van der Waals surface area contributed by atoms with E-state index in [-0.39, 0.29) is 18.2 Å². The molecule has 0 fully saturated rings. The Morgan fingerprint density at radius 1 is 1.03 bits per heavy atom. The molecule has 5 rings (SSSR count). The van der Waals surface area contributed by atoms with E-state index in [2.05, 4.69) is 10.1 Å². The zero-order valence-corrected chi connectivity index (χ0v) is 17.0. The first-order chi connectivity index (χ1) is 15.5. The molecular formula is C24H17FN4O3. The molecule has 5 aromatic rings. The van der Waals surface area contributed by atoms with Crippen molar-refractivity contribution in [3.63, 3.8) is 0 Å². The lowest BCUT2D eigenvalue weighted by molar-refractivity contribution is 0.0971. The zero-order chi connectivity index (χ0) is 22.2. The van der Waals surface area contributed by atoms with Crippen LogP contribution < -0.4 is 10.4 Å². The highest BCUT2D eigenvalue weighted by atomic mass is 19.1. The van der Waals surface area contributed by atoms with Gasteiger partial charge >= 0.3 is 5.69 Å². The quantitative estimate of drug-likeness (QED) is 0.399. The summed E-state index contributed by atoms with van der Waals surface area (Å²) in [6.07, 6.45) is 0. The van der Waals surface area contributed by atoms with Gasteiger partial charge in [-0.1, -0.05) is 24.3 Å². The van der Waals surface area contributed by atoms with E-state index in [1.807, 2.05) is 12.1 Å². The van der Waals surface area contributed by atoms with Gasteiger partial charge in [0.1, 0.15) is 11.6 Å². The molecule has 158 valence electrons. The highest BCUT2D eigenvalue weighted by Gasteiger charge is 2.18. The Hall–Kier alpha value is -4.33. The first kappa shape index (κ1) is 19.6. The molecule has 0 N–H and O–H groups in total. The van der Waals surface area contributed by atoms with Crippen molar-refractivity contribution >= 4 is 22.3 Å². The van der Waals surface area contributed by atoms with Crippen LogP contribution in [0.5, 0.6) is 5.75 Å². The van der Waals surface area contributed by atoms with Gasteiger partial charge in [0.15, 0.2) is 17.3 Å². The number of rotatable bonds is 5. The minimum Gasteiger partial charge on any atom is -0.497 e. The minimum absolute atomic E-state index is 0.170. The summed E-state index contributed by atoms with van der Waals surface area (Å²) < 4.78 is 21.3. The second kappa shape index (κ2) is 7.73. The van der Waals surface area contributed by atoms with Gasteiger partial charge in [-0.05, 0) is 48.5 Å². The first-order valence-electron chi connectivity index (χ1n) is 9.86. The summed E-state index contributed by atoms with van der Waals surface area (Å²) in [5.41, 5.74) is 1.32. The largest absolute Gasteiger partial charge is 0.497 e. The Balaban J connectivity index is 1.66. The van der Waals surface area contributed by atoms with Crippen molar-refractivity contribution in [2.45, 2.75) is 6.54 Å². The van der Waals surface area contributed by atoms with Crippen LogP contribution in [0.2, 0.25) is 0 Å². The monoisotopic (exact) mass is 428 g/mol. The van der Waals surface area contributed by atoms with Gasteiger partial charge in [-0.25, -0.2) is 14.2 Å². The van der Waals surface area contributed by atoms with E-state index in [9.17, 15) is 14.0 Å². The van der Waals surface area contributed by atoms with Crippen LogP contribution in [-0.2, 0) is 6.54 Å².